The molecule has 0 amide bonds. The van der Waals surface area contributed by atoms with Crippen LogP contribution in [0.4, 0.5) is 0 Å². The van der Waals surface area contributed by atoms with Crippen molar-refractivity contribution in [3.05, 3.63) is 34.3 Å². The standard InChI is InChI=1S/C15H24ClN/c1-11(2)5-7-13(4)17-10-14-8-6-12(3)9-15(14)16/h6,8-9,11,13,17H,5,7,10H2,1-4H3. The fourth-order valence-corrected chi connectivity index (χ4v) is 2.07. The molecule has 0 fully saturated rings. The summed E-state index contributed by atoms with van der Waals surface area (Å²) in [5.74, 6) is 0.780. The van der Waals surface area contributed by atoms with Gasteiger partial charge in [-0.1, -0.05) is 37.6 Å². The topological polar surface area (TPSA) is 12.0 Å². The zero-order valence-corrected chi connectivity index (χ0v) is 12.1. The van der Waals surface area contributed by atoms with Gasteiger partial charge >= 0.3 is 0 Å². The van der Waals surface area contributed by atoms with E-state index in [1.807, 2.05) is 6.07 Å². The van der Waals surface area contributed by atoms with Gasteiger partial charge in [0.15, 0.2) is 0 Å². The van der Waals surface area contributed by atoms with E-state index in [9.17, 15) is 0 Å². The Kier molecular flexibility index (Phi) is 6.01. The van der Waals surface area contributed by atoms with Crippen molar-refractivity contribution >= 4 is 11.6 Å². The molecular formula is C15H24ClN. The summed E-state index contributed by atoms with van der Waals surface area (Å²) < 4.78 is 0. The SMILES string of the molecule is Cc1ccc(CNC(C)CCC(C)C)c(Cl)c1. The summed E-state index contributed by atoms with van der Waals surface area (Å²) in [7, 11) is 0. The van der Waals surface area contributed by atoms with Gasteiger partial charge in [-0.25, -0.2) is 0 Å². The molecule has 0 aliphatic heterocycles. The van der Waals surface area contributed by atoms with E-state index in [2.05, 4.69) is 45.1 Å². The predicted octanol–water partition coefficient (Wildman–Crippen LogP) is 4.56. The molecule has 1 aromatic rings. The Bertz CT molecular complexity index is 347. The fourth-order valence-electron chi connectivity index (χ4n) is 1.77. The summed E-state index contributed by atoms with van der Waals surface area (Å²) in [5.41, 5.74) is 2.40. The fraction of sp³-hybridized carbons (Fsp3) is 0.600. The Morgan fingerprint density at radius 2 is 1.88 bits per heavy atom. The lowest BCUT2D eigenvalue weighted by molar-refractivity contribution is 0.451. The monoisotopic (exact) mass is 253 g/mol. The average molecular weight is 254 g/mol. The van der Waals surface area contributed by atoms with Crippen molar-refractivity contribution < 1.29 is 0 Å². The number of rotatable bonds is 6. The van der Waals surface area contributed by atoms with Gasteiger partial charge in [0, 0.05) is 17.6 Å². The van der Waals surface area contributed by atoms with Crippen LogP contribution in [-0.2, 0) is 6.54 Å². The lowest BCUT2D eigenvalue weighted by Gasteiger charge is -2.15. The van der Waals surface area contributed by atoms with Crippen molar-refractivity contribution in [1.82, 2.24) is 5.32 Å². The first-order valence-electron chi connectivity index (χ1n) is 6.47. The highest BCUT2D eigenvalue weighted by Crippen LogP contribution is 2.17. The van der Waals surface area contributed by atoms with Crippen LogP contribution in [0.5, 0.6) is 0 Å². The zero-order chi connectivity index (χ0) is 12.8. The van der Waals surface area contributed by atoms with Gasteiger partial charge in [-0.3, -0.25) is 0 Å². The summed E-state index contributed by atoms with van der Waals surface area (Å²) in [6.07, 6.45) is 2.50. The molecule has 1 nitrogen and oxygen atoms in total. The van der Waals surface area contributed by atoms with Crippen molar-refractivity contribution in [3.63, 3.8) is 0 Å². The molecule has 0 aromatic heterocycles. The smallest absolute Gasteiger partial charge is 0.0453 e. The Balaban J connectivity index is 2.39. The van der Waals surface area contributed by atoms with E-state index in [1.165, 1.54) is 24.0 Å². The van der Waals surface area contributed by atoms with Gasteiger partial charge in [-0.05, 0) is 49.8 Å². The Labute approximate surface area is 111 Å². The quantitative estimate of drug-likeness (QED) is 0.784. The van der Waals surface area contributed by atoms with E-state index in [1.54, 1.807) is 0 Å². The minimum Gasteiger partial charge on any atom is -0.310 e. The maximum absolute atomic E-state index is 6.20. The van der Waals surface area contributed by atoms with E-state index in [-0.39, 0.29) is 0 Å². The van der Waals surface area contributed by atoms with E-state index in [0.29, 0.717) is 6.04 Å². The van der Waals surface area contributed by atoms with E-state index < -0.39 is 0 Å². The van der Waals surface area contributed by atoms with Gasteiger partial charge in [0.2, 0.25) is 0 Å². The third kappa shape index (κ3) is 5.56. The number of hydrogen-bond acceptors (Lipinski definition) is 1. The van der Waals surface area contributed by atoms with Crippen molar-refractivity contribution in [2.45, 2.75) is 53.1 Å². The molecule has 0 aliphatic rings. The second-order valence-electron chi connectivity index (χ2n) is 5.35. The van der Waals surface area contributed by atoms with Crippen LogP contribution < -0.4 is 5.32 Å². The lowest BCUT2D eigenvalue weighted by Crippen LogP contribution is -2.25. The van der Waals surface area contributed by atoms with Gasteiger partial charge in [0.25, 0.3) is 0 Å². The highest BCUT2D eigenvalue weighted by Gasteiger charge is 2.05. The maximum atomic E-state index is 6.20. The van der Waals surface area contributed by atoms with Gasteiger partial charge in [-0.2, -0.15) is 0 Å². The normalized spacial score (nSPS) is 13.1. The molecule has 1 aromatic carbocycles. The molecule has 1 rings (SSSR count). The summed E-state index contributed by atoms with van der Waals surface area (Å²) in [4.78, 5) is 0. The van der Waals surface area contributed by atoms with Gasteiger partial charge in [0.1, 0.15) is 0 Å². The van der Waals surface area contributed by atoms with E-state index in [4.69, 9.17) is 11.6 Å². The number of nitrogens with one attached hydrogen (secondary N) is 1. The first kappa shape index (κ1) is 14.5. The first-order valence-corrected chi connectivity index (χ1v) is 6.85. The molecule has 17 heavy (non-hydrogen) atoms. The van der Waals surface area contributed by atoms with E-state index in [0.717, 1.165) is 17.5 Å². The molecule has 0 radical (unpaired) electrons. The average Bonchev–Trinajstić information content (AvgIpc) is 2.25. The lowest BCUT2D eigenvalue weighted by atomic mass is 10.0. The van der Waals surface area contributed by atoms with Crippen molar-refractivity contribution in [3.8, 4) is 0 Å². The molecule has 0 saturated carbocycles. The molecule has 1 unspecified atom stereocenters. The Morgan fingerprint density at radius 1 is 1.18 bits per heavy atom. The summed E-state index contributed by atoms with van der Waals surface area (Å²) >= 11 is 6.20. The summed E-state index contributed by atoms with van der Waals surface area (Å²) in [6.45, 7) is 9.70. The van der Waals surface area contributed by atoms with Crippen molar-refractivity contribution in [1.29, 1.82) is 0 Å². The number of hydrogen-bond donors (Lipinski definition) is 1. The zero-order valence-electron chi connectivity index (χ0n) is 11.4. The molecule has 0 spiro atoms. The number of halogens is 1. The second kappa shape index (κ2) is 7.03. The molecule has 0 aliphatic carbocycles. The maximum Gasteiger partial charge on any atom is 0.0453 e. The van der Waals surface area contributed by atoms with Crippen LogP contribution in [0.3, 0.4) is 0 Å². The van der Waals surface area contributed by atoms with E-state index >= 15 is 0 Å². The van der Waals surface area contributed by atoms with Gasteiger partial charge < -0.3 is 5.32 Å². The summed E-state index contributed by atoms with van der Waals surface area (Å²) in [5, 5.41) is 4.40. The molecule has 1 atom stereocenters. The van der Waals surface area contributed by atoms with Crippen LogP contribution in [-0.4, -0.2) is 6.04 Å². The largest absolute Gasteiger partial charge is 0.310 e. The number of benzene rings is 1. The van der Waals surface area contributed by atoms with Crippen molar-refractivity contribution in [2.24, 2.45) is 5.92 Å². The highest BCUT2D eigenvalue weighted by atomic mass is 35.5. The third-order valence-electron chi connectivity index (χ3n) is 3.03. The molecule has 0 bridgehead atoms. The van der Waals surface area contributed by atoms with Crippen LogP contribution in [0.25, 0.3) is 0 Å². The molecule has 2 heteroatoms. The third-order valence-corrected chi connectivity index (χ3v) is 3.38. The van der Waals surface area contributed by atoms with Crippen LogP contribution >= 0.6 is 11.6 Å². The van der Waals surface area contributed by atoms with Crippen LogP contribution in [0.15, 0.2) is 18.2 Å². The number of aryl methyl sites for hydroxylation is 1. The van der Waals surface area contributed by atoms with Gasteiger partial charge in [-0.15, -0.1) is 0 Å². The van der Waals surface area contributed by atoms with Crippen LogP contribution in [0.2, 0.25) is 5.02 Å². The van der Waals surface area contributed by atoms with Crippen LogP contribution in [0.1, 0.15) is 44.7 Å². The molecule has 0 heterocycles. The molecule has 0 saturated heterocycles. The Hall–Kier alpha value is -0.530. The molecule has 1 N–H and O–H groups in total. The highest BCUT2D eigenvalue weighted by molar-refractivity contribution is 6.31. The minimum absolute atomic E-state index is 0.551. The summed E-state index contributed by atoms with van der Waals surface area (Å²) in [6, 6.07) is 6.80. The predicted molar refractivity (Wildman–Crippen MR) is 76.6 cm³/mol. The second-order valence-corrected chi connectivity index (χ2v) is 5.76. The molecular weight excluding hydrogens is 230 g/mol. The van der Waals surface area contributed by atoms with Gasteiger partial charge in [0.05, 0.1) is 0 Å². The first-order chi connectivity index (χ1) is 7.99. The van der Waals surface area contributed by atoms with Crippen LogP contribution in [0, 0.1) is 12.8 Å². The minimum atomic E-state index is 0.551. The van der Waals surface area contributed by atoms with Crippen molar-refractivity contribution in [2.75, 3.05) is 0 Å². The Morgan fingerprint density at radius 3 is 2.47 bits per heavy atom. The molecule has 96 valence electrons.